The lowest BCUT2D eigenvalue weighted by Gasteiger charge is -2.06. The first-order valence-corrected chi connectivity index (χ1v) is 6.37. The van der Waals surface area contributed by atoms with Crippen LogP contribution in [0.1, 0.15) is 16.1 Å². The fourth-order valence-corrected chi connectivity index (χ4v) is 1.99. The van der Waals surface area contributed by atoms with Crippen LogP contribution < -0.4 is 5.32 Å². The van der Waals surface area contributed by atoms with Gasteiger partial charge in [-0.1, -0.05) is 12.1 Å². The first-order valence-electron chi connectivity index (χ1n) is 6.37. The van der Waals surface area contributed by atoms with Gasteiger partial charge in [-0.3, -0.25) is 5.10 Å². The Morgan fingerprint density at radius 2 is 2.24 bits per heavy atom. The fraction of sp³-hybridized carbons (Fsp3) is 0.0667. The number of rotatable bonds is 5. The molecule has 3 aromatic rings. The second-order valence-corrected chi connectivity index (χ2v) is 4.51. The van der Waals surface area contributed by atoms with Crippen LogP contribution in [0.2, 0.25) is 0 Å². The first-order chi connectivity index (χ1) is 10.2. The van der Waals surface area contributed by atoms with Crippen LogP contribution in [-0.2, 0) is 6.54 Å². The van der Waals surface area contributed by atoms with Gasteiger partial charge in [0, 0.05) is 17.4 Å². The van der Waals surface area contributed by atoms with Gasteiger partial charge < -0.3 is 14.8 Å². The Hall–Kier alpha value is -3.02. The normalized spacial score (nSPS) is 10.5. The van der Waals surface area contributed by atoms with Crippen molar-refractivity contribution in [3.63, 3.8) is 0 Å². The van der Waals surface area contributed by atoms with Gasteiger partial charge in [-0.05, 0) is 24.3 Å². The van der Waals surface area contributed by atoms with Gasteiger partial charge in [-0.2, -0.15) is 5.10 Å². The Bertz CT molecular complexity index is 747. The Labute approximate surface area is 120 Å². The number of aromatic carboxylic acids is 1. The second-order valence-electron chi connectivity index (χ2n) is 4.51. The van der Waals surface area contributed by atoms with E-state index in [9.17, 15) is 4.79 Å². The third kappa shape index (κ3) is 2.94. The zero-order chi connectivity index (χ0) is 14.7. The number of nitrogens with zero attached hydrogens (tertiary/aromatic N) is 1. The van der Waals surface area contributed by atoms with Crippen molar-refractivity contribution in [3.8, 4) is 11.3 Å². The number of carboxylic acids is 1. The maximum Gasteiger partial charge on any atom is 0.338 e. The third-order valence-corrected chi connectivity index (χ3v) is 3.04. The number of hydrogen-bond donors (Lipinski definition) is 3. The van der Waals surface area contributed by atoms with Crippen molar-refractivity contribution in [1.29, 1.82) is 0 Å². The SMILES string of the molecule is O=C(O)c1coc(CNc2cccc(-c3ccn[nH]3)c2)c1. The summed E-state index contributed by atoms with van der Waals surface area (Å²) < 4.78 is 5.19. The second kappa shape index (κ2) is 5.54. The molecule has 2 heterocycles. The van der Waals surface area contributed by atoms with Crippen molar-refractivity contribution in [2.45, 2.75) is 6.54 Å². The van der Waals surface area contributed by atoms with E-state index in [1.165, 1.54) is 12.3 Å². The van der Waals surface area contributed by atoms with E-state index in [1.807, 2.05) is 30.3 Å². The summed E-state index contributed by atoms with van der Waals surface area (Å²) in [5.41, 5.74) is 3.02. The monoisotopic (exact) mass is 283 g/mol. The van der Waals surface area contributed by atoms with Gasteiger partial charge in [-0.25, -0.2) is 4.79 Å². The van der Waals surface area contributed by atoms with Gasteiger partial charge in [0.1, 0.15) is 12.0 Å². The molecule has 0 aliphatic rings. The minimum absolute atomic E-state index is 0.151. The molecule has 3 rings (SSSR count). The zero-order valence-electron chi connectivity index (χ0n) is 11.0. The predicted octanol–water partition coefficient (Wildman–Crippen LogP) is 2.98. The lowest BCUT2D eigenvalue weighted by Crippen LogP contribution is -1.98. The molecule has 6 nitrogen and oxygen atoms in total. The minimum atomic E-state index is -0.994. The van der Waals surface area contributed by atoms with Gasteiger partial charge in [0.05, 0.1) is 17.8 Å². The number of aromatic amines is 1. The van der Waals surface area contributed by atoms with Crippen molar-refractivity contribution in [3.05, 3.63) is 60.2 Å². The number of nitrogens with one attached hydrogen (secondary N) is 2. The predicted molar refractivity (Wildman–Crippen MR) is 77.0 cm³/mol. The molecule has 0 saturated heterocycles. The first kappa shape index (κ1) is 13.0. The highest BCUT2D eigenvalue weighted by Crippen LogP contribution is 2.21. The molecule has 0 bridgehead atoms. The van der Waals surface area contributed by atoms with E-state index in [4.69, 9.17) is 9.52 Å². The van der Waals surface area contributed by atoms with E-state index in [2.05, 4.69) is 15.5 Å². The number of furan rings is 1. The molecule has 0 amide bonds. The summed E-state index contributed by atoms with van der Waals surface area (Å²) in [7, 11) is 0. The van der Waals surface area contributed by atoms with Crippen molar-refractivity contribution in [2.24, 2.45) is 0 Å². The van der Waals surface area contributed by atoms with Crippen LogP contribution in [0.3, 0.4) is 0 Å². The number of anilines is 1. The highest BCUT2D eigenvalue weighted by Gasteiger charge is 2.08. The highest BCUT2D eigenvalue weighted by molar-refractivity contribution is 5.87. The molecule has 0 fully saturated rings. The summed E-state index contributed by atoms with van der Waals surface area (Å²) in [5.74, 6) is -0.425. The van der Waals surface area contributed by atoms with Crippen molar-refractivity contribution >= 4 is 11.7 Å². The molecule has 1 aromatic carbocycles. The van der Waals surface area contributed by atoms with Crippen molar-refractivity contribution in [1.82, 2.24) is 10.2 Å². The summed E-state index contributed by atoms with van der Waals surface area (Å²) in [4.78, 5) is 10.8. The number of aromatic nitrogens is 2. The van der Waals surface area contributed by atoms with Crippen molar-refractivity contribution < 1.29 is 14.3 Å². The standard InChI is InChI=1S/C15H13N3O3/c19-15(20)11-7-13(21-9-11)8-16-12-3-1-2-10(6-12)14-4-5-17-18-14/h1-7,9,16H,8H2,(H,17,18)(H,19,20). The van der Waals surface area contributed by atoms with Crippen LogP contribution in [0, 0.1) is 0 Å². The summed E-state index contributed by atoms with van der Waals surface area (Å²) in [6, 6.07) is 11.2. The summed E-state index contributed by atoms with van der Waals surface area (Å²) in [6.45, 7) is 0.416. The van der Waals surface area contributed by atoms with Gasteiger partial charge >= 0.3 is 5.97 Å². The topological polar surface area (TPSA) is 91.2 Å². The van der Waals surface area contributed by atoms with Gasteiger partial charge in [0.25, 0.3) is 0 Å². The molecule has 0 aliphatic carbocycles. The quantitative estimate of drug-likeness (QED) is 0.669. The molecule has 106 valence electrons. The van der Waals surface area contributed by atoms with Gasteiger partial charge in [0.15, 0.2) is 0 Å². The molecular weight excluding hydrogens is 270 g/mol. The van der Waals surface area contributed by atoms with E-state index in [0.717, 1.165) is 16.9 Å². The van der Waals surface area contributed by atoms with E-state index in [1.54, 1.807) is 6.20 Å². The maximum absolute atomic E-state index is 10.8. The average Bonchev–Trinajstić information content (AvgIpc) is 3.17. The Balaban J connectivity index is 1.70. The molecule has 0 atom stereocenters. The van der Waals surface area contributed by atoms with Gasteiger partial charge in [0.2, 0.25) is 0 Å². The van der Waals surface area contributed by atoms with Crippen LogP contribution in [0.15, 0.2) is 53.3 Å². The number of hydrogen-bond acceptors (Lipinski definition) is 4. The highest BCUT2D eigenvalue weighted by atomic mass is 16.4. The third-order valence-electron chi connectivity index (χ3n) is 3.04. The maximum atomic E-state index is 10.8. The fourth-order valence-electron chi connectivity index (χ4n) is 1.99. The molecule has 3 N–H and O–H groups in total. The van der Waals surface area contributed by atoms with Gasteiger partial charge in [-0.15, -0.1) is 0 Å². The van der Waals surface area contributed by atoms with Crippen LogP contribution in [0.5, 0.6) is 0 Å². The zero-order valence-corrected chi connectivity index (χ0v) is 11.0. The smallest absolute Gasteiger partial charge is 0.338 e. The molecule has 0 radical (unpaired) electrons. The van der Waals surface area contributed by atoms with Crippen LogP contribution in [0.25, 0.3) is 11.3 Å². The molecule has 0 unspecified atom stereocenters. The molecular formula is C15H13N3O3. The molecule has 2 aromatic heterocycles. The Morgan fingerprint density at radius 1 is 1.33 bits per heavy atom. The lowest BCUT2D eigenvalue weighted by molar-refractivity contribution is 0.0696. The Kier molecular flexibility index (Phi) is 3.42. The summed E-state index contributed by atoms with van der Waals surface area (Å²) in [5, 5.41) is 18.9. The Morgan fingerprint density at radius 3 is 2.95 bits per heavy atom. The minimum Gasteiger partial charge on any atom is -0.478 e. The molecule has 0 spiro atoms. The lowest BCUT2D eigenvalue weighted by atomic mass is 10.1. The van der Waals surface area contributed by atoms with Crippen LogP contribution in [0.4, 0.5) is 5.69 Å². The van der Waals surface area contributed by atoms with E-state index in [0.29, 0.717) is 12.3 Å². The van der Waals surface area contributed by atoms with Crippen LogP contribution >= 0.6 is 0 Å². The van der Waals surface area contributed by atoms with E-state index < -0.39 is 5.97 Å². The molecule has 0 aliphatic heterocycles. The number of H-pyrrole nitrogens is 1. The number of carboxylic acid groups (broad SMARTS) is 1. The number of benzene rings is 1. The summed E-state index contributed by atoms with van der Waals surface area (Å²) >= 11 is 0. The average molecular weight is 283 g/mol. The number of carbonyl (C=O) groups is 1. The molecule has 21 heavy (non-hydrogen) atoms. The molecule has 6 heteroatoms. The van der Waals surface area contributed by atoms with Crippen molar-refractivity contribution in [2.75, 3.05) is 5.32 Å². The van der Waals surface area contributed by atoms with Crippen LogP contribution in [-0.4, -0.2) is 21.3 Å². The largest absolute Gasteiger partial charge is 0.478 e. The molecule has 0 saturated carbocycles. The summed E-state index contributed by atoms with van der Waals surface area (Å²) in [6.07, 6.45) is 2.94. The van der Waals surface area contributed by atoms with E-state index in [-0.39, 0.29) is 5.56 Å². The van der Waals surface area contributed by atoms with E-state index >= 15 is 0 Å².